The number of methoxy groups -OCH3 is 1. The van der Waals surface area contributed by atoms with Gasteiger partial charge in [0.1, 0.15) is 0 Å². The monoisotopic (exact) mass is 333 g/mol. The zero-order chi connectivity index (χ0) is 17.2. The van der Waals surface area contributed by atoms with Crippen LogP contribution in [0.2, 0.25) is 0 Å². The summed E-state index contributed by atoms with van der Waals surface area (Å²) in [5, 5.41) is 3.40. The molecule has 5 heteroatoms. The third-order valence-electron chi connectivity index (χ3n) is 4.61. The van der Waals surface area contributed by atoms with Gasteiger partial charge in [0.15, 0.2) is 5.96 Å². The predicted molar refractivity (Wildman–Crippen MR) is 98.6 cm³/mol. The van der Waals surface area contributed by atoms with Gasteiger partial charge in [-0.1, -0.05) is 37.3 Å². The maximum atomic E-state index is 5.49. The highest BCUT2D eigenvalue weighted by Gasteiger charge is 2.28. The van der Waals surface area contributed by atoms with E-state index in [9.17, 15) is 0 Å². The molecule has 0 radical (unpaired) electrons. The predicted octanol–water partition coefficient (Wildman–Crippen LogP) is 2.35. The van der Waals surface area contributed by atoms with Crippen LogP contribution in [0.15, 0.2) is 35.3 Å². The van der Waals surface area contributed by atoms with E-state index in [4.69, 9.17) is 9.47 Å². The van der Waals surface area contributed by atoms with Crippen LogP contribution in [-0.2, 0) is 9.47 Å². The van der Waals surface area contributed by atoms with E-state index in [1.807, 2.05) is 7.05 Å². The number of guanidine groups is 1. The summed E-state index contributed by atoms with van der Waals surface area (Å²) in [6.07, 6.45) is 1.16. The molecule has 1 heterocycles. The molecule has 0 spiro atoms. The molecular formula is C19H31N3O2. The summed E-state index contributed by atoms with van der Waals surface area (Å²) < 4.78 is 10.5. The number of ether oxygens (including phenoxy) is 2. The van der Waals surface area contributed by atoms with Gasteiger partial charge in [-0.15, -0.1) is 0 Å². The van der Waals surface area contributed by atoms with Gasteiger partial charge >= 0.3 is 0 Å². The molecule has 1 saturated heterocycles. The van der Waals surface area contributed by atoms with Crippen molar-refractivity contribution in [3.8, 4) is 0 Å². The first-order valence-electron chi connectivity index (χ1n) is 8.83. The Balaban J connectivity index is 1.78. The van der Waals surface area contributed by atoms with Crippen molar-refractivity contribution in [1.82, 2.24) is 10.2 Å². The molecule has 0 saturated carbocycles. The van der Waals surface area contributed by atoms with E-state index < -0.39 is 0 Å². The van der Waals surface area contributed by atoms with Crippen molar-refractivity contribution in [2.45, 2.75) is 19.3 Å². The fraction of sp³-hybridized carbons (Fsp3) is 0.632. The van der Waals surface area contributed by atoms with Crippen LogP contribution in [0.25, 0.3) is 0 Å². The zero-order valence-corrected chi connectivity index (χ0v) is 15.2. The van der Waals surface area contributed by atoms with Crippen molar-refractivity contribution in [3.63, 3.8) is 0 Å². The van der Waals surface area contributed by atoms with Gasteiger partial charge in [-0.25, -0.2) is 0 Å². The molecule has 1 N–H and O–H groups in total. The molecule has 134 valence electrons. The van der Waals surface area contributed by atoms with Crippen LogP contribution in [0.3, 0.4) is 0 Å². The molecule has 1 aliphatic rings. The summed E-state index contributed by atoms with van der Waals surface area (Å²) in [6, 6.07) is 10.9. The normalized spacial score (nSPS) is 21.8. The highest BCUT2D eigenvalue weighted by molar-refractivity contribution is 5.80. The highest BCUT2D eigenvalue weighted by Crippen LogP contribution is 2.32. The van der Waals surface area contributed by atoms with Crippen molar-refractivity contribution in [2.24, 2.45) is 10.9 Å². The summed E-state index contributed by atoms with van der Waals surface area (Å²) in [5.74, 6) is 2.22. The number of likely N-dealkylation sites (tertiary alicyclic amines) is 1. The maximum absolute atomic E-state index is 5.49. The molecule has 0 bridgehead atoms. The van der Waals surface area contributed by atoms with Gasteiger partial charge in [-0.2, -0.15) is 0 Å². The Morgan fingerprint density at radius 1 is 1.25 bits per heavy atom. The quantitative estimate of drug-likeness (QED) is 0.473. The third kappa shape index (κ3) is 5.49. The van der Waals surface area contributed by atoms with E-state index in [1.54, 1.807) is 7.11 Å². The lowest BCUT2D eigenvalue weighted by molar-refractivity contribution is 0.0730. The highest BCUT2D eigenvalue weighted by atomic mass is 16.5. The second kappa shape index (κ2) is 10.3. The molecule has 2 atom stereocenters. The van der Waals surface area contributed by atoms with E-state index in [2.05, 4.69) is 52.5 Å². The van der Waals surface area contributed by atoms with Gasteiger partial charge in [-0.05, 0) is 23.8 Å². The minimum atomic E-state index is 0.609. The maximum Gasteiger partial charge on any atom is 0.193 e. The molecule has 5 nitrogen and oxygen atoms in total. The first kappa shape index (κ1) is 18.7. The van der Waals surface area contributed by atoms with E-state index in [-0.39, 0.29) is 0 Å². The molecule has 0 amide bonds. The average molecular weight is 333 g/mol. The summed E-state index contributed by atoms with van der Waals surface area (Å²) in [4.78, 5) is 6.79. The lowest BCUT2D eigenvalue weighted by Crippen LogP contribution is -2.48. The van der Waals surface area contributed by atoms with Crippen LogP contribution in [0.1, 0.15) is 24.8 Å². The molecular weight excluding hydrogens is 302 g/mol. The van der Waals surface area contributed by atoms with Gasteiger partial charge in [0, 0.05) is 33.8 Å². The number of hydrogen-bond donors (Lipinski definition) is 1. The first-order valence-corrected chi connectivity index (χ1v) is 8.83. The summed E-state index contributed by atoms with van der Waals surface area (Å²) >= 11 is 0. The number of benzene rings is 1. The van der Waals surface area contributed by atoms with Gasteiger partial charge in [-0.3, -0.25) is 4.99 Å². The minimum absolute atomic E-state index is 0.609. The number of rotatable bonds is 7. The van der Waals surface area contributed by atoms with E-state index in [0.717, 1.165) is 32.0 Å². The van der Waals surface area contributed by atoms with E-state index in [1.165, 1.54) is 5.56 Å². The second-order valence-electron chi connectivity index (χ2n) is 6.31. The smallest absolute Gasteiger partial charge is 0.193 e. The number of nitrogens with zero attached hydrogens (tertiary/aromatic N) is 2. The van der Waals surface area contributed by atoms with Crippen molar-refractivity contribution < 1.29 is 9.47 Å². The van der Waals surface area contributed by atoms with Crippen LogP contribution in [0.4, 0.5) is 0 Å². The number of aliphatic imine (C=N–C) groups is 1. The van der Waals surface area contributed by atoms with E-state index in [0.29, 0.717) is 31.7 Å². The largest absolute Gasteiger partial charge is 0.382 e. The topological polar surface area (TPSA) is 46.1 Å². The molecule has 1 aromatic rings. The molecule has 0 aromatic heterocycles. The molecule has 24 heavy (non-hydrogen) atoms. The third-order valence-corrected chi connectivity index (χ3v) is 4.61. The van der Waals surface area contributed by atoms with Crippen molar-refractivity contribution in [1.29, 1.82) is 0 Å². The van der Waals surface area contributed by atoms with Gasteiger partial charge in [0.2, 0.25) is 0 Å². The molecule has 0 aliphatic carbocycles. The van der Waals surface area contributed by atoms with Crippen LogP contribution in [-0.4, -0.2) is 64.5 Å². The first-order chi connectivity index (χ1) is 11.8. The molecule has 2 rings (SSSR count). The van der Waals surface area contributed by atoms with Crippen molar-refractivity contribution >= 4 is 5.96 Å². The van der Waals surface area contributed by atoms with Gasteiger partial charge < -0.3 is 19.7 Å². The summed E-state index contributed by atoms with van der Waals surface area (Å²) in [6.45, 7) is 7.11. The number of hydrogen-bond acceptors (Lipinski definition) is 3. The Bertz CT molecular complexity index is 493. The van der Waals surface area contributed by atoms with Gasteiger partial charge in [0.25, 0.3) is 0 Å². The Hall–Kier alpha value is -1.59. The number of piperidine rings is 1. The standard InChI is InChI=1S/C19H31N3O2/c1-16-15-22(11-9-18(16)17-7-5-4-6-8-17)19(20-2)21-10-12-24-14-13-23-3/h4-8,16,18H,9-15H2,1-3H3,(H,20,21). The average Bonchev–Trinajstić information content (AvgIpc) is 2.62. The Morgan fingerprint density at radius 3 is 2.71 bits per heavy atom. The van der Waals surface area contributed by atoms with Gasteiger partial charge in [0.05, 0.1) is 19.8 Å². The fourth-order valence-electron chi connectivity index (χ4n) is 3.35. The number of nitrogens with one attached hydrogen (secondary N) is 1. The molecule has 1 aliphatic heterocycles. The van der Waals surface area contributed by atoms with Crippen LogP contribution < -0.4 is 5.32 Å². The lowest BCUT2D eigenvalue weighted by Gasteiger charge is -2.38. The Kier molecular flexibility index (Phi) is 8.05. The fourth-order valence-corrected chi connectivity index (χ4v) is 3.35. The van der Waals surface area contributed by atoms with Crippen LogP contribution in [0, 0.1) is 5.92 Å². The minimum Gasteiger partial charge on any atom is -0.382 e. The van der Waals surface area contributed by atoms with Crippen LogP contribution in [0.5, 0.6) is 0 Å². The summed E-state index contributed by atoms with van der Waals surface area (Å²) in [5.41, 5.74) is 1.46. The zero-order valence-electron chi connectivity index (χ0n) is 15.2. The summed E-state index contributed by atoms with van der Waals surface area (Å²) in [7, 11) is 3.53. The Labute approximate surface area is 146 Å². The molecule has 1 fully saturated rings. The molecule has 1 aromatic carbocycles. The second-order valence-corrected chi connectivity index (χ2v) is 6.31. The van der Waals surface area contributed by atoms with Crippen molar-refractivity contribution in [2.75, 3.05) is 53.6 Å². The Morgan fingerprint density at radius 2 is 2.04 bits per heavy atom. The van der Waals surface area contributed by atoms with Crippen molar-refractivity contribution in [3.05, 3.63) is 35.9 Å². The SMILES string of the molecule is CN=C(NCCOCCOC)N1CCC(c2ccccc2)C(C)C1. The lowest BCUT2D eigenvalue weighted by atomic mass is 9.82. The molecule has 2 unspecified atom stereocenters. The van der Waals surface area contributed by atoms with Crippen LogP contribution >= 0.6 is 0 Å². The van der Waals surface area contributed by atoms with E-state index >= 15 is 0 Å².